The van der Waals surface area contributed by atoms with Crippen molar-refractivity contribution >= 4 is 11.9 Å². The lowest BCUT2D eigenvalue weighted by Gasteiger charge is -2.64. The van der Waals surface area contributed by atoms with Crippen molar-refractivity contribution in [3.63, 3.8) is 0 Å². The normalized spacial score (nSPS) is 48.9. The Morgan fingerprint density at radius 2 is 1.68 bits per heavy atom. The average Bonchev–Trinajstić information content (AvgIpc) is 3.03. The first-order valence-corrected chi connectivity index (χ1v) is 12.7. The number of ether oxygens (including phenoxy) is 1. The van der Waals surface area contributed by atoms with E-state index in [9.17, 15) is 19.8 Å². The summed E-state index contributed by atoms with van der Waals surface area (Å²) in [5.74, 6) is 1.58. The van der Waals surface area contributed by atoms with Gasteiger partial charge >= 0.3 is 11.9 Å². The number of carboxylic acids is 1. The maximum Gasteiger partial charge on any atom is 0.303 e. The third-order valence-electron chi connectivity index (χ3n) is 10.6. The molecule has 0 aliphatic heterocycles. The Morgan fingerprint density at radius 3 is 2.32 bits per heavy atom. The molecule has 0 unspecified atom stereocenters. The van der Waals surface area contributed by atoms with E-state index in [0.717, 1.165) is 57.8 Å². The lowest BCUT2D eigenvalue weighted by Crippen LogP contribution is -2.62. The van der Waals surface area contributed by atoms with Gasteiger partial charge in [0.2, 0.25) is 0 Å². The highest BCUT2D eigenvalue weighted by molar-refractivity contribution is 5.66. The molecule has 0 heterocycles. The van der Waals surface area contributed by atoms with Gasteiger partial charge in [0.15, 0.2) is 0 Å². The summed E-state index contributed by atoms with van der Waals surface area (Å²) in [6.45, 7) is 8.57. The Morgan fingerprint density at radius 1 is 1.00 bits per heavy atom. The van der Waals surface area contributed by atoms with Crippen LogP contribution in [0.3, 0.4) is 0 Å². The molecule has 4 aliphatic rings. The van der Waals surface area contributed by atoms with Gasteiger partial charge in [0.25, 0.3) is 0 Å². The predicted molar refractivity (Wildman–Crippen MR) is 118 cm³/mol. The number of carboxylic acid groups (broad SMARTS) is 1. The molecule has 0 aromatic rings. The van der Waals surface area contributed by atoms with E-state index in [-0.39, 0.29) is 41.3 Å². The van der Waals surface area contributed by atoms with E-state index in [0.29, 0.717) is 29.6 Å². The summed E-state index contributed by atoms with van der Waals surface area (Å²) < 4.78 is 5.63. The number of aliphatic carboxylic acids is 1. The zero-order valence-corrected chi connectivity index (χ0v) is 19.8. The van der Waals surface area contributed by atoms with Crippen LogP contribution in [0.25, 0.3) is 0 Å². The molecule has 5 heteroatoms. The van der Waals surface area contributed by atoms with E-state index in [1.165, 1.54) is 6.92 Å². The van der Waals surface area contributed by atoms with Gasteiger partial charge < -0.3 is 14.9 Å². The first-order valence-electron chi connectivity index (χ1n) is 12.7. The number of esters is 1. The van der Waals surface area contributed by atoms with Crippen molar-refractivity contribution < 1.29 is 24.5 Å². The van der Waals surface area contributed by atoms with Crippen molar-refractivity contribution in [3.05, 3.63) is 0 Å². The molecular weight excluding hydrogens is 392 g/mol. The van der Waals surface area contributed by atoms with Crippen LogP contribution in [0.15, 0.2) is 0 Å². The molecule has 0 aromatic carbocycles. The van der Waals surface area contributed by atoms with Crippen molar-refractivity contribution in [3.8, 4) is 0 Å². The van der Waals surface area contributed by atoms with Gasteiger partial charge in [-0.25, -0.2) is 0 Å². The molecule has 0 amide bonds. The highest BCUT2D eigenvalue weighted by atomic mass is 16.5. The maximum atomic E-state index is 11.7. The van der Waals surface area contributed by atoms with E-state index in [4.69, 9.17) is 4.74 Å². The Labute approximate surface area is 187 Å². The lowest BCUT2D eigenvalue weighted by molar-refractivity contribution is -0.206. The van der Waals surface area contributed by atoms with Gasteiger partial charge in [-0.15, -0.1) is 0 Å². The second-order valence-electron chi connectivity index (χ2n) is 11.7. The fourth-order valence-electron chi connectivity index (χ4n) is 9.16. The summed E-state index contributed by atoms with van der Waals surface area (Å²) in [7, 11) is 0. The monoisotopic (exact) mass is 434 g/mol. The zero-order chi connectivity index (χ0) is 22.6. The minimum atomic E-state index is -0.690. The third kappa shape index (κ3) is 3.73. The van der Waals surface area contributed by atoms with Crippen LogP contribution in [0.5, 0.6) is 0 Å². The number of aliphatic hydroxyl groups excluding tert-OH is 1. The first kappa shape index (κ1) is 23.1. The second kappa shape index (κ2) is 8.35. The summed E-state index contributed by atoms with van der Waals surface area (Å²) in [5.41, 5.74) is 0.357. The Balaban J connectivity index is 1.60. The standard InChI is InChI=1S/C26H42O5/c1-5-18-21-14-17(31-15(2)27)10-12-26(21,4)20-11-13-25(3)16(7-9-22(28)29)6-8-19(25)23(20)24(18)30/h16-21,23-24,30H,5-14H2,1-4H3,(H,28,29)/t16-,17-,18-,19+,20+,21+,23+,24-,25-,26-/m1/s1. The molecule has 0 aromatic heterocycles. The van der Waals surface area contributed by atoms with Gasteiger partial charge in [-0.1, -0.05) is 27.2 Å². The fraction of sp³-hybridized carbons (Fsp3) is 0.923. The molecular formula is C26H42O5. The largest absolute Gasteiger partial charge is 0.481 e. The van der Waals surface area contributed by atoms with Crippen LogP contribution in [0.1, 0.15) is 91.9 Å². The molecule has 176 valence electrons. The SMILES string of the molecule is CC[C@H]1[C@@H](O)[C@@H]2[C@H](CC[C@]3(C)[C@@H](CCC(=O)O)CC[C@@H]23)[C@@]2(C)CC[C@@H](OC(C)=O)C[C@@H]12. The molecule has 4 fully saturated rings. The minimum Gasteiger partial charge on any atom is -0.481 e. The zero-order valence-electron chi connectivity index (χ0n) is 19.8. The van der Waals surface area contributed by atoms with E-state index >= 15 is 0 Å². The van der Waals surface area contributed by atoms with Gasteiger partial charge in [0.1, 0.15) is 6.10 Å². The van der Waals surface area contributed by atoms with Crippen LogP contribution in [-0.2, 0) is 14.3 Å². The number of fused-ring (bicyclic) bond motifs is 5. The van der Waals surface area contributed by atoms with Crippen LogP contribution in [0.2, 0.25) is 0 Å². The number of hydrogen-bond donors (Lipinski definition) is 2. The molecule has 0 bridgehead atoms. The number of carbonyl (C=O) groups excluding carboxylic acids is 1. The van der Waals surface area contributed by atoms with E-state index in [1.54, 1.807) is 0 Å². The summed E-state index contributed by atoms with van der Waals surface area (Å²) in [4.78, 5) is 22.8. The Bertz CT molecular complexity index is 706. The number of hydrogen-bond acceptors (Lipinski definition) is 4. The molecule has 4 aliphatic carbocycles. The second-order valence-corrected chi connectivity index (χ2v) is 11.7. The molecule has 4 saturated carbocycles. The minimum absolute atomic E-state index is 0.00545. The van der Waals surface area contributed by atoms with Crippen molar-refractivity contribution in [1.82, 2.24) is 0 Å². The van der Waals surface area contributed by atoms with Crippen LogP contribution < -0.4 is 0 Å². The van der Waals surface area contributed by atoms with Crippen LogP contribution in [-0.4, -0.2) is 34.4 Å². The van der Waals surface area contributed by atoms with Crippen LogP contribution in [0, 0.1) is 46.3 Å². The van der Waals surface area contributed by atoms with Crippen molar-refractivity contribution in [2.45, 2.75) is 104 Å². The topological polar surface area (TPSA) is 83.8 Å². The Hall–Kier alpha value is -1.10. The molecule has 5 nitrogen and oxygen atoms in total. The van der Waals surface area contributed by atoms with Gasteiger partial charge in [-0.3, -0.25) is 9.59 Å². The molecule has 0 saturated heterocycles. The number of rotatable bonds is 5. The van der Waals surface area contributed by atoms with Crippen molar-refractivity contribution in [2.75, 3.05) is 0 Å². The predicted octanol–water partition coefficient (Wildman–Crippen LogP) is 5.05. The van der Waals surface area contributed by atoms with Crippen molar-refractivity contribution in [2.24, 2.45) is 46.3 Å². The summed E-state index contributed by atoms with van der Waals surface area (Å²) in [5, 5.41) is 21.0. The number of carbonyl (C=O) groups is 2. The van der Waals surface area contributed by atoms with E-state index in [2.05, 4.69) is 20.8 Å². The Kier molecular flexibility index (Phi) is 6.22. The molecule has 31 heavy (non-hydrogen) atoms. The smallest absolute Gasteiger partial charge is 0.303 e. The summed E-state index contributed by atoms with van der Waals surface area (Å²) in [6, 6.07) is 0. The van der Waals surface area contributed by atoms with Crippen LogP contribution in [0.4, 0.5) is 0 Å². The highest BCUT2D eigenvalue weighted by Gasteiger charge is 2.64. The summed E-state index contributed by atoms with van der Waals surface area (Å²) >= 11 is 0. The quantitative estimate of drug-likeness (QED) is 0.592. The third-order valence-corrected chi connectivity index (χ3v) is 10.6. The lowest BCUT2D eigenvalue weighted by atomic mass is 9.41. The van der Waals surface area contributed by atoms with E-state index in [1.807, 2.05) is 0 Å². The van der Waals surface area contributed by atoms with Gasteiger partial charge in [0.05, 0.1) is 6.10 Å². The molecule has 0 radical (unpaired) electrons. The molecule has 4 rings (SSSR count). The van der Waals surface area contributed by atoms with Gasteiger partial charge in [-0.2, -0.15) is 0 Å². The average molecular weight is 435 g/mol. The van der Waals surface area contributed by atoms with E-state index < -0.39 is 5.97 Å². The van der Waals surface area contributed by atoms with Gasteiger partial charge in [0, 0.05) is 13.3 Å². The molecule has 10 atom stereocenters. The molecule has 0 spiro atoms. The maximum absolute atomic E-state index is 11.7. The van der Waals surface area contributed by atoms with Crippen LogP contribution >= 0.6 is 0 Å². The number of aliphatic hydroxyl groups is 1. The fourth-order valence-corrected chi connectivity index (χ4v) is 9.16. The summed E-state index contributed by atoms with van der Waals surface area (Å²) in [6.07, 6.45) is 9.12. The van der Waals surface area contributed by atoms with Crippen molar-refractivity contribution in [1.29, 1.82) is 0 Å². The molecule has 2 N–H and O–H groups in total. The van der Waals surface area contributed by atoms with Gasteiger partial charge in [-0.05, 0) is 97.7 Å². The highest BCUT2D eigenvalue weighted by Crippen LogP contribution is 2.69. The first-order chi connectivity index (χ1) is 14.6.